The molecule has 1 fully saturated rings. The third-order valence-corrected chi connectivity index (χ3v) is 2.82. The second-order valence-corrected chi connectivity index (χ2v) is 3.95. The van der Waals surface area contributed by atoms with Crippen LogP contribution in [0, 0.1) is 5.82 Å². The first-order valence-electron chi connectivity index (χ1n) is 5.07. The van der Waals surface area contributed by atoms with Gasteiger partial charge in [0.1, 0.15) is 0 Å². The van der Waals surface area contributed by atoms with Crippen molar-refractivity contribution >= 4 is 24.0 Å². The van der Waals surface area contributed by atoms with Gasteiger partial charge in [0, 0.05) is 6.04 Å². The Balaban J connectivity index is 0.00000128. The Bertz CT molecular complexity index is 346. The van der Waals surface area contributed by atoms with E-state index in [1.807, 2.05) is 0 Å². The van der Waals surface area contributed by atoms with Crippen LogP contribution < -0.4 is 10.1 Å². The maximum atomic E-state index is 13.6. The van der Waals surface area contributed by atoms with E-state index in [1.54, 1.807) is 13.0 Å². The molecule has 1 heterocycles. The molecule has 1 N–H and O–H groups in total. The van der Waals surface area contributed by atoms with E-state index in [9.17, 15) is 4.39 Å². The standard InChI is InChI=1S/C11H13ClFNO.ClH/c1-2-15-11-8(12)5-7(6-9(11)13)10-3-4-14-10;/h5-6,10,14H,2-4H2,1H3;1H/t10-;/m0./s1. The highest BCUT2D eigenvalue weighted by Gasteiger charge is 2.21. The summed E-state index contributed by atoms with van der Waals surface area (Å²) in [6, 6.07) is 3.51. The first-order valence-corrected chi connectivity index (χ1v) is 5.45. The van der Waals surface area contributed by atoms with Crippen LogP contribution in [0.1, 0.15) is 24.9 Å². The predicted octanol–water partition coefficient (Wildman–Crippen LogP) is 3.33. The minimum atomic E-state index is -0.381. The lowest BCUT2D eigenvalue weighted by Gasteiger charge is -2.28. The molecule has 1 saturated heterocycles. The van der Waals surface area contributed by atoms with Crippen LogP contribution in [-0.2, 0) is 0 Å². The van der Waals surface area contributed by atoms with Gasteiger partial charge in [0.05, 0.1) is 11.6 Å². The van der Waals surface area contributed by atoms with Crippen molar-refractivity contribution in [2.45, 2.75) is 19.4 Å². The van der Waals surface area contributed by atoms with E-state index in [-0.39, 0.29) is 30.0 Å². The molecule has 16 heavy (non-hydrogen) atoms. The van der Waals surface area contributed by atoms with Crippen LogP contribution in [0.5, 0.6) is 5.75 Å². The third-order valence-electron chi connectivity index (χ3n) is 2.54. The number of benzene rings is 1. The second kappa shape index (κ2) is 5.71. The maximum absolute atomic E-state index is 13.6. The Morgan fingerprint density at radius 2 is 2.25 bits per heavy atom. The van der Waals surface area contributed by atoms with E-state index in [2.05, 4.69) is 5.32 Å². The van der Waals surface area contributed by atoms with E-state index in [0.717, 1.165) is 18.5 Å². The summed E-state index contributed by atoms with van der Waals surface area (Å²) >= 11 is 5.95. The van der Waals surface area contributed by atoms with Gasteiger partial charge in [-0.15, -0.1) is 12.4 Å². The van der Waals surface area contributed by atoms with Crippen molar-refractivity contribution < 1.29 is 9.13 Å². The van der Waals surface area contributed by atoms with Gasteiger partial charge in [0.25, 0.3) is 0 Å². The highest BCUT2D eigenvalue weighted by molar-refractivity contribution is 6.32. The van der Waals surface area contributed by atoms with Crippen LogP contribution in [-0.4, -0.2) is 13.2 Å². The Morgan fingerprint density at radius 3 is 2.69 bits per heavy atom. The van der Waals surface area contributed by atoms with Crippen molar-refractivity contribution in [3.63, 3.8) is 0 Å². The van der Waals surface area contributed by atoms with Crippen LogP contribution in [0.25, 0.3) is 0 Å². The molecule has 1 aromatic rings. The fraction of sp³-hybridized carbons (Fsp3) is 0.455. The molecule has 0 aromatic heterocycles. The van der Waals surface area contributed by atoms with Gasteiger partial charge in [-0.25, -0.2) is 4.39 Å². The molecule has 1 aromatic carbocycles. The number of hydrogen-bond donors (Lipinski definition) is 1. The molecule has 1 aliphatic heterocycles. The molecule has 2 rings (SSSR count). The number of ether oxygens (including phenoxy) is 1. The summed E-state index contributed by atoms with van der Waals surface area (Å²) in [4.78, 5) is 0. The largest absolute Gasteiger partial charge is 0.489 e. The average Bonchev–Trinajstić information content (AvgIpc) is 2.08. The third kappa shape index (κ3) is 2.59. The highest BCUT2D eigenvalue weighted by atomic mass is 35.5. The number of halogens is 3. The smallest absolute Gasteiger partial charge is 0.173 e. The Kier molecular flexibility index (Phi) is 4.84. The average molecular weight is 266 g/mol. The molecule has 0 aliphatic carbocycles. The Morgan fingerprint density at radius 1 is 1.56 bits per heavy atom. The summed E-state index contributed by atoms with van der Waals surface area (Å²) in [7, 11) is 0. The molecule has 0 saturated carbocycles. The minimum absolute atomic E-state index is 0. The fourth-order valence-corrected chi connectivity index (χ4v) is 1.91. The monoisotopic (exact) mass is 265 g/mol. The lowest BCUT2D eigenvalue weighted by atomic mass is 9.98. The molecule has 0 bridgehead atoms. The fourth-order valence-electron chi connectivity index (χ4n) is 1.64. The summed E-state index contributed by atoms with van der Waals surface area (Å²) in [5.41, 5.74) is 0.896. The number of hydrogen-bond acceptors (Lipinski definition) is 2. The van der Waals surface area contributed by atoms with E-state index in [0.29, 0.717) is 11.6 Å². The van der Waals surface area contributed by atoms with Gasteiger partial charge in [-0.3, -0.25) is 0 Å². The minimum Gasteiger partial charge on any atom is -0.489 e. The molecule has 5 heteroatoms. The molecule has 1 aliphatic rings. The van der Waals surface area contributed by atoms with Gasteiger partial charge in [0.15, 0.2) is 11.6 Å². The zero-order valence-electron chi connectivity index (χ0n) is 8.93. The molecule has 0 amide bonds. The first kappa shape index (κ1) is 13.6. The molecule has 1 atom stereocenters. The maximum Gasteiger partial charge on any atom is 0.173 e. The van der Waals surface area contributed by atoms with E-state index >= 15 is 0 Å². The van der Waals surface area contributed by atoms with Crippen LogP contribution >= 0.6 is 24.0 Å². The SMILES string of the molecule is CCOc1c(F)cc([C@@H]2CCN2)cc1Cl.Cl. The van der Waals surface area contributed by atoms with Crippen LogP contribution in [0.4, 0.5) is 4.39 Å². The van der Waals surface area contributed by atoms with Gasteiger partial charge in [-0.05, 0) is 37.6 Å². The van der Waals surface area contributed by atoms with Gasteiger partial charge < -0.3 is 10.1 Å². The lowest BCUT2D eigenvalue weighted by Crippen LogP contribution is -2.34. The summed E-state index contributed by atoms with van der Waals surface area (Å²) < 4.78 is 18.7. The zero-order chi connectivity index (χ0) is 10.8. The quantitative estimate of drug-likeness (QED) is 0.906. The van der Waals surface area contributed by atoms with Crippen molar-refractivity contribution in [3.8, 4) is 5.75 Å². The molecule has 0 radical (unpaired) electrons. The Hall–Kier alpha value is -0.510. The zero-order valence-corrected chi connectivity index (χ0v) is 10.5. The van der Waals surface area contributed by atoms with Gasteiger partial charge in [-0.1, -0.05) is 11.6 Å². The van der Waals surface area contributed by atoms with Crippen LogP contribution in [0.15, 0.2) is 12.1 Å². The summed E-state index contributed by atoms with van der Waals surface area (Å²) in [6.07, 6.45) is 1.03. The van der Waals surface area contributed by atoms with Crippen LogP contribution in [0.3, 0.4) is 0 Å². The normalized spacial score (nSPS) is 18.6. The molecule has 0 spiro atoms. The van der Waals surface area contributed by atoms with Gasteiger partial charge in [0.2, 0.25) is 0 Å². The topological polar surface area (TPSA) is 21.3 Å². The highest BCUT2D eigenvalue weighted by Crippen LogP contribution is 2.33. The summed E-state index contributed by atoms with van der Waals surface area (Å²) in [5, 5.41) is 3.55. The van der Waals surface area contributed by atoms with Crippen molar-refractivity contribution in [2.75, 3.05) is 13.2 Å². The molecule has 90 valence electrons. The van der Waals surface area contributed by atoms with Crippen molar-refractivity contribution in [3.05, 3.63) is 28.5 Å². The van der Waals surface area contributed by atoms with Crippen molar-refractivity contribution in [1.82, 2.24) is 5.32 Å². The summed E-state index contributed by atoms with van der Waals surface area (Å²) in [6.45, 7) is 3.20. The van der Waals surface area contributed by atoms with Gasteiger partial charge in [-0.2, -0.15) is 0 Å². The second-order valence-electron chi connectivity index (χ2n) is 3.54. The summed E-state index contributed by atoms with van der Waals surface area (Å²) in [5.74, 6) is -0.227. The van der Waals surface area contributed by atoms with Gasteiger partial charge >= 0.3 is 0 Å². The number of rotatable bonds is 3. The van der Waals surface area contributed by atoms with E-state index < -0.39 is 0 Å². The number of nitrogens with one attached hydrogen (secondary N) is 1. The Labute approximate surface area is 106 Å². The van der Waals surface area contributed by atoms with E-state index in [4.69, 9.17) is 16.3 Å². The molecular weight excluding hydrogens is 252 g/mol. The molecular formula is C11H14Cl2FNO. The predicted molar refractivity (Wildman–Crippen MR) is 65.2 cm³/mol. The molecule has 0 unspecified atom stereocenters. The molecule has 2 nitrogen and oxygen atoms in total. The van der Waals surface area contributed by atoms with E-state index in [1.165, 1.54) is 6.07 Å². The first-order chi connectivity index (χ1) is 7.22. The lowest BCUT2D eigenvalue weighted by molar-refractivity contribution is 0.320. The van der Waals surface area contributed by atoms with Crippen molar-refractivity contribution in [2.24, 2.45) is 0 Å². The van der Waals surface area contributed by atoms with Crippen molar-refractivity contribution in [1.29, 1.82) is 0 Å². The van der Waals surface area contributed by atoms with Crippen LogP contribution in [0.2, 0.25) is 5.02 Å².